The van der Waals surface area contributed by atoms with E-state index in [2.05, 4.69) is 4.74 Å². The van der Waals surface area contributed by atoms with Crippen molar-refractivity contribution in [1.29, 1.82) is 0 Å². The lowest BCUT2D eigenvalue weighted by atomic mass is 10.1. The minimum atomic E-state index is -3.45. The number of ether oxygens (including phenoxy) is 1. The molecule has 0 heterocycles. The summed E-state index contributed by atoms with van der Waals surface area (Å²) < 4.78 is 41.1. The maximum absolute atomic E-state index is 13.2. The molecule has 0 aromatic heterocycles. The Labute approximate surface area is 103 Å². The maximum Gasteiger partial charge on any atom is 0.387 e. The van der Waals surface area contributed by atoms with Gasteiger partial charge >= 0.3 is 18.3 Å². The lowest BCUT2D eigenvalue weighted by molar-refractivity contribution is -0.386. The number of hydrogen-bond acceptors (Lipinski definition) is 4. The van der Waals surface area contributed by atoms with E-state index in [0.29, 0.717) is 12.1 Å². The van der Waals surface area contributed by atoms with Crippen LogP contribution in [0.1, 0.15) is 5.56 Å². The van der Waals surface area contributed by atoms with Crippen LogP contribution in [0.3, 0.4) is 0 Å². The van der Waals surface area contributed by atoms with Crippen molar-refractivity contribution in [1.82, 2.24) is 0 Å². The molecule has 1 N–H and O–H groups in total. The molecule has 0 radical (unpaired) electrons. The zero-order valence-electron chi connectivity index (χ0n) is 9.05. The third-order valence-electron chi connectivity index (χ3n) is 1.91. The van der Waals surface area contributed by atoms with Crippen LogP contribution in [0, 0.1) is 15.9 Å². The summed E-state index contributed by atoms with van der Waals surface area (Å²) in [6, 6.07) is 1.54. The van der Waals surface area contributed by atoms with Gasteiger partial charge in [0.2, 0.25) is 5.75 Å². The average Bonchev–Trinajstić information content (AvgIpc) is 2.28. The third-order valence-corrected chi connectivity index (χ3v) is 1.91. The van der Waals surface area contributed by atoms with Gasteiger partial charge in [0.25, 0.3) is 0 Å². The second-order valence-corrected chi connectivity index (χ2v) is 3.12. The highest BCUT2D eigenvalue weighted by Gasteiger charge is 2.26. The van der Waals surface area contributed by atoms with E-state index in [1.54, 1.807) is 0 Å². The molecule has 1 rings (SSSR count). The molecule has 6 nitrogen and oxygen atoms in total. The predicted molar refractivity (Wildman–Crippen MR) is 56.4 cm³/mol. The molecule has 102 valence electrons. The Morgan fingerprint density at radius 3 is 2.58 bits per heavy atom. The first kappa shape index (κ1) is 14.5. The fourth-order valence-corrected chi connectivity index (χ4v) is 1.25. The van der Waals surface area contributed by atoms with E-state index in [4.69, 9.17) is 5.11 Å². The van der Waals surface area contributed by atoms with E-state index in [0.717, 1.165) is 12.1 Å². The van der Waals surface area contributed by atoms with E-state index in [1.807, 2.05) is 0 Å². The summed E-state index contributed by atoms with van der Waals surface area (Å²) >= 11 is 0. The SMILES string of the molecule is O=C(O)/C=C/c1ccc(F)c(OC(F)F)c1[N+](=O)[O-]. The van der Waals surface area contributed by atoms with Crippen molar-refractivity contribution in [2.75, 3.05) is 0 Å². The first-order chi connectivity index (χ1) is 8.82. The number of carbonyl (C=O) groups is 1. The monoisotopic (exact) mass is 277 g/mol. The highest BCUT2D eigenvalue weighted by molar-refractivity contribution is 5.86. The quantitative estimate of drug-likeness (QED) is 0.507. The molecule has 19 heavy (non-hydrogen) atoms. The average molecular weight is 277 g/mol. The summed E-state index contributed by atoms with van der Waals surface area (Å²) in [6.07, 6.45) is 1.32. The molecule has 0 spiro atoms. The first-order valence-electron chi connectivity index (χ1n) is 4.65. The molecule has 0 saturated heterocycles. The van der Waals surface area contributed by atoms with E-state index < -0.39 is 34.8 Å². The predicted octanol–water partition coefficient (Wildman–Crippen LogP) is 2.43. The fraction of sp³-hybridized carbons (Fsp3) is 0.100. The van der Waals surface area contributed by atoms with Crippen molar-refractivity contribution in [3.05, 3.63) is 39.7 Å². The van der Waals surface area contributed by atoms with Crippen LogP contribution in [-0.4, -0.2) is 22.6 Å². The number of rotatable bonds is 5. The zero-order valence-corrected chi connectivity index (χ0v) is 9.05. The summed E-state index contributed by atoms with van der Waals surface area (Å²) in [5, 5.41) is 19.1. The Morgan fingerprint density at radius 2 is 2.11 bits per heavy atom. The Balaban J connectivity index is 3.40. The van der Waals surface area contributed by atoms with Gasteiger partial charge in [-0.05, 0) is 18.2 Å². The van der Waals surface area contributed by atoms with Crippen molar-refractivity contribution in [3.8, 4) is 5.75 Å². The molecule has 0 atom stereocenters. The topological polar surface area (TPSA) is 89.7 Å². The van der Waals surface area contributed by atoms with Gasteiger partial charge in [-0.25, -0.2) is 9.18 Å². The molecule has 9 heteroatoms. The summed E-state index contributed by atoms with van der Waals surface area (Å²) in [4.78, 5) is 19.9. The van der Waals surface area contributed by atoms with E-state index in [-0.39, 0.29) is 5.56 Å². The summed E-state index contributed by atoms with van der Waals surface area (Å²) in [5.41, 5.74) is -1.44. The number of aliphatic carboxylic acids is 1. The zero-order chi connectivity index (χ0) is 14.6. The molecule has 0 unspecified atom stereocenters. The molecular weight excluding hydrogens is 271 g/mol. The molecule has 0 aliphatic carbocycles. The summed E-state index contributed by atoms with van der Waals surface area (Å²) in [6.45, 7) is -3.45. The normalized spacial score (nSPS) is 10.9. The van der Waals surface area contributed by atoms with Crippen LogP contribution in [0.15, 0.2) is 18.2 Å². The highest BCUT2D eigenvalue weighted by Crippen LogP contribution is 2.35. The van der Waals surface area contributed by atoms with Crippen LogP contribution in [0.5, 0.6) is 5.75 Å². The van der Waals surface area contributed by atoms with Gasteiger partial charge in [-0.2, -0.15) is 8.78 Å². The number of nitrogens with zero attached hydrogens (tertiary/aromatic N) is 1. The molecule has 0 saturated carbocycles. The van der Waals surface area contributed by atoms with Gasteiger partial charge < -0.3 is 9.84 Å². The summed E-state index contributed by atoms with van der Waals surface area (Å²) in [7, 11) is 0. The van der Waals surface area contributed by atoms with Crippen molar-refractivity contribution in [2.45, 2.75) is 6.61 Å². The Bertz CT molecular complexity index is 544. The summed E-state index contributed by atoms with van der Waals surface area (Å²) in [5.74, 6) is -4.00. The minimum absolute atomic E-state index is 0.371. The number of alkyl halides is 2. The molecule has 1 aromatic carbocycles. The minimum Gasteiger partial charge on any atom is -0.478 e. The second-order valence-electron chi connectivity index (χ2n) is 3.12. The van der Waals surface area contributed by atoms with Crippen molar-refractivity contribution in [3.63, 3.8) is 0 Å². The van der Waals surface area contributed by atoms with Crippen molar-refractivity contribution >= 4 is 17.7 Å². The van der Waals surface area contributed by atoms with Gasteiger partial charge in [0, 0.05) is 6.08 Å². The molecule has 0 bridgehead atoms. The van der Waals surface area contributed by atoms with Gasteiger partial charge in [0.1, 0.15) is 0 Å². The van der Waals surface area contributed by atoms with Gasteiger partial charge in [0.05, 0.1) is 10.5 Å². The fourth-order valence-electron chi connectivity index (χ4n) is 1.25. The van der Waals surface area contributed by atoms with E-state index in [9.17, 15) is 28.1 Å². The van der Waals surface area contributed by atoms with Crippen LogP contribution < -0.4 is 4.74 Å². The molecule has 0 amide bonds. The number of hydrogen-bond donors (Lipinski definition) is 1. The third kappa shape index (κ3) is 3.69. The Morgan fingerprint density at radius 1 is 1.47 bits per heavy atom. The number of nitro groups is 1. The van der Waals surface area contributed by atoms with Gasteiger partial charge in [-0.15, -0.1) is 0 Å². The molecule has 0 aliphatic heterocycles. The largest absolute Gasteiger partial charge is 0.478 e. The molecule has 1 aromatic rings. The maximum atomic E-state index is 13.2. The Hall–Kier alpha value is -2.58. The van der Waals surface area contributed by atoms with E-state index >= 15 is 0 Å². The van der Waals surface area contributed by atoms with Crippen molar-refractivity contribution < 1.29 is 32.7 Å². The lowest BCUT2D eigenvalue weighted by Gasteiger charge is -2.07. The number of benzene rings is 1. The number of carboxylic acid groups (broad SMARTS) is 1. The van der Waals surface area contributed by atoms with Crippen LogP contribution >= 0.6 is 0 Å². The van der Waals surface area contributed by atoms with E-state index in [1.165, 1.54) is 0 Å². The Kier molecular flexibility index (Phi) is 4.46. The standard InChI is InChI=1S/C10H6F3NO5/c11-6-3-1-5(2-4-7(15)16)8(14(17)18)9(6)19-10(12)13/h1-4,10H,(H,15,16)/b4-2+. The van der Waals surface area contributed by atoms with Crippen LogP contribution in [-0.2, 0) is 4.79 Å². The van der Waals surface area contributed by atoms with Crippen LogP contribution in [0.25, 0.3) is 6.08 Å². The number of nitro benzene ring substituents is 1. The molecular formula is C10H6F3NO5. The first-order valence-corrected chi connectivity index (χ1v) is 4.65. The van der Waals surface area contributed by atoms with Crippen molar-refractivity contribution in [2.24, 2.45) is 0 Å². The van der Waals surface area contributed by atoms with Gasteiger partial charge in [-0.1, -0.05) is 0 Å². The number of carboxylic acids is 1. The highest BCUT2D eigenvalue weighted by atomic mass is 19.3. The van der Waals surface area contributed by atoms with Crippen LogP contribution in [0.2, 0.25) is 0 Å². The second kappa shape index (κ2) is 5.85. The number of halogens is 3. The van der Waals surface area contributed by atoms with Gasteiger partial charge in [0.15, 0.2) is 5.82 Å². The van der Waals surface area contributed by atoms with Gasteiger partial charge in [-0.3, -0.25) is 10.1 Å². The molecule has 0 fully saturated rings. The van der Waals surface area contributed by atoms with Crippen LogP contribution in [0.4, 0.5) is 18.9 Å². The lowest BCUT2D eigenvalue weighted by Crippen LogP contribution is -2.07. The smallest absolute Gasteiger partial charge is 0.387 e. The molecule has 0 aliphatic rings.